The fraction of sp³-hybridized carbons (Fsp3) is 0.200. The number of unbranched alkanes of at least 4 members (excludes halogenated alkanes) is 1. The molecule has 0 aliphatic rings. The van der Waals surface area contributed by atoms with Crippen LogP contribution in [-0.4, -0.2) is 18.5 Å². The van der Waals surface area contributed by atoms with Crippen molar-refractivity contribution in [1.29, 1.82) is 0 Å². The molecule has 2 aromatic carbocycles. The molecule has 0 aromatic heterocycles. The fourth-order valence-corrected chi connectivity index (χ4v) is 2.28. The van der Waals surface area contributed by atoms with Crippen LogP contribution < -0.4 is 5.32 Å². The number of hydrogen-bond donors (Lipinski definition) is 1. The molecule has 2 aromatic rings. The van der Waals surface area contributed by atoms with Gasteiger partial charge in [-0.25, -0.2) is 4.79 Å². The van der Waals surface area contributed by atoms with Gasteiger partial charge in [0, 0.05) is 16.8 Å². The van der Waals surface area contributed by atoms with Crippen LogP contribution in [0.2, 0.25) is 5.02 Å². The summed E-state index contributed by atoms with van der Waals surface area (Å²) in [4.78, 5) is 24.0. The monoisotopic (exact) mass is 357 g/mol. The molecule has 0 atom stereocenters. The Morgan fingerprint density at radius 2 is 1.96 bits per heavy atom. The molecule has 2 rings (SSSR count). The largest absolute Gasteiger partial charge is 0.462 e. The van der Waals surface area contributed by atoms with E-state index in [4.69, 9.17) is 16.3 Å². The first-order valence-corrected chi connectivity index (χ1v) is 8.48. The van der Waals surface area contributed by atoms with E-state index in [1.807, 2.05) is 19.1 Å². The highest BCUT2D eigenvalue weighted by Gasteiger charge is 2.08. The minimum atomic E-state index is -0.390. The number of anilines is 1. The Bertz CT molecular complexity index is 771. The lowest BCUT2D eigenvalue weighted by Gasteiger charge is -2.06. The second-order valence-corrected chi connectivity index (χ2v) is 5.88. The van der Waals surface area contributed by atoms with E-state index in [-0.39, 0.29) is 11.9 Å². The van der Waals surface area contributed by atoms with E-state index in [0.29, 0.717) is 22.9 Å². The number of esters is 1. The van der Waals surface area contributed by atoms with Crippen LogP contribution in [0.25, 0.3) is 6.08 Å². The first kappa shape index (κ1) is 18.7. The van der Waals surface area contributed by atoms with Crippen LogP contribution >= 0.6 is 11.6 Å². The number of rotatable bonds is 7. The molecule has 0 fully saturated rings. The molecule has 1 amide bonds. The summed E-state index contributed by atoms with van der Waals surface area (Å²) in [6.07, 6.45) is 4.88. The lowest BCUT2D eigenvalue weighted by molar-refractivity contribution is -0.111. The first-order chi connectivity index (χ1) is 12.1. The van der Waals surface area contributed by atoms with Crippen LogP contribution in [0.15, 0.2) is 54.6 Å². The molecule has 0 radical (unpaired) electrons. The summed E-state index contributed by atoms with van der Waals surface area (Å²) in [5.41, 5.74) is 1.77. The topological polar surface area (TPSA) is 55.4 Å². The summed E-state index contributed by atoms with van der Waals surface area (Å²) < 4.78 is 5.17. The number of ether oxygens (including phenoxy) is 1. The minimum Gasteiger partial charge on any atom is -0.462 e. The smallest absolute Gasteiger partial charge is 0.338 e. The van der Waals surface area contributed by atoms with Crippen LogP contribution in [0.1, 0.15) is 35.7 Å². The molecule has 0 saturated carbocycles. The third-order valence-corrected chi connectivity index (χ3v) is 3.61. The molecule has 0 saturated heterocycles. The molecule has 0 spiro atoms. The average Bonchev–Trinajstić information content (AvgIpc) is 2.60. The number of nitrogens with one attached hydrogen (secondary N) is 1. The van der Waals surface area contributed by atoms with E-state index in [2.05, 4.69) is 5.32 Å². The normalized spacial score (nSPS) is 10.6. The van der Waals surface area contributed by atoms with Gasteiger partial charge in [-0.05, 0) is 48.4 Å². The first-order valence-electron chi connectivity index (χ1n) is 8.10. The van der Waals surface area contributed by atoms with Crippen molar-refractivity contribution in [1.82, 2.24) is 0 Å². The number of benzene rings is 2. The number of amides is 1. The van der Waals surface area contributed by atoms with Crippen LogP contribution in [0.3, 0.4) is 0 Å². The van der Waals surface area contributed by atoms with Gasteiger partial charge in [0.05, 0.1) is 12.2 Å². The van der Waals surface area contributed by atoms with Gasteiger partial charge >= 0.3 is 5.97 Å². The van der Waals surface area contributed by atoms with E-state index in [0.717, 1.165) is 18.4 Å². The van der Waals surface area contributed by atoms with Crippen molar-refractivity contribution in [3.8, 4) is 0 Å². The molecule has 0 heterocycles. The summed E-state index contributed by atoms with van der Waals surface area (Å²) in [7, 11) is 0. The van der Waals surface area contributed by atoms with Crippen LogP contribution in [0.4, 0.5) is 5.69 Å². The predicted octanol–water partition coefficient (Wildman–Crippen LogP) is 4.95. The fourth-order valence-electron chi connectivity index (χ4n) is 2.08. The highest BCUT2D eigenvalue weighted by Crippen LogP contribution is 2.14. The molecule has 0 aliphatic carbocycles. The van der Waals surface area contributed by atoms with Gasteiger partial charge in [-0.3, -0.25) is 4.79 Å². The zero-order chi connectivity index (χ0) is 18.1. The van der Waals surface area contributed by atoms with E-state index >= 15 is 0 Å². The van der Waals surface area contributed by atoms with Crippen molar-refractivity contribution < 1.29 is 14.3 Å². The van der Waals surface area contributed by atoms with Crippen molar-refractivity contribution >= 4 is 35.2 Å². The highest BCUT2D eigenvalue weighted by molar-refractivity contribution is 6.30. The van der Waals surface area contributed by atoms with E-state index in [9.17, 15) is 9.59 Å². The van der Waals surface area contributed by atoms with E-state index < -0.39 is 0 Å². The summed E-state index contributed by atoms with van der Waals surface area (Å²) in [5.74, 6) is -0.685. The molecular weight excluding hydrogens is 338 g/mol. The Labute approximate surface area is 152 Å². The van der Waals surface area contributed by atoms with Gasteiger partial charge in [-0.1, -0.05) is 43.1 Å². The second-order valence-electron chi connectivity index (χ2n) is 5.45. The predicted molar refractivity (Wildman–Crippen MR) is 101 cm³/mol. The maximum absolute atomic E-state index is 12.0. The minimum absolute atomic E-state index is 0.295. The SMILES string of the molecule is CCCCOC(=O)c1cccc(NC(=O)C=Cc2cccc(Cl)c2)c1. The van der Waals surface area contributed by atoms with Gasteiger partial charge in [0.1, 0.15) is 0 Å². The maximum Gasteiger partial charge on any atom is 0.338 e. The van der Waals surface area contributed by atoms with Gasteiger partial charge in [0.15, 0.2) is 0 Å². The molecule has 0 bridgehead atoms. The third kappa shape index (κ3) is 6.43. The Morgan fingerprint density at radius 1 is 1.16 bits per heavy atom. The molecular formula is C20H20ClNO3. The van der Waals surface area contributed by atoms with Crippen LogP contribution in [0, 0.1) is 0 Å². The molecule has 0 aliphatic heterocycles. The Kier molecular flexibility index (Phi) is 7.23. The van der Waals surface area contributed by atoms with E-state index in [1.54, 1.807) is 42.5 Å². The molecule has 4 nitrogen and oxygen atoms in total. The summed E-state index contributed by atoms with van der Waals surface area (Å²) in [6, 6.07) is 13.9. The molecule has 25 heavy (non-hydrogen) atoms. The Balaban J connectivity index is 1.96. The maximum atomic E-state index is 12.0. The lowest BCUT2D eigenvalue weighted by Crippen LogP contribution is -2.10. The number of halogens is 1. The number of carbonyl (C=O) groups is 2. The van der Waals surface area contributed by atoms with Crippen molar-refractivity contribution in [2.24, 2.45) is 0 Å². The number of hydrogen-bond acceptors (Lipinski definition) is 3. The van der Waals surface area contributed by atoms with Gasteiger partial charge in [-0.2, -0.15) is 0 Å². The molecule has 130 valence electrons. The second kappa shape index (κ2) is 9.64. The van der Waals surface area contributed by atoms with Gasteiger partial charge in [0.2, 0.25) is 5.91 Å². The van der Waals surface area contributed by atoms with Crippen molar-refractivity contribution in [2.45, 2.75) is 19.8 Å². The summed E-state index contributed by atoms with van der Waals surface area (Å²) >= 11 is 5.90. The van der Waals surface area contributed by atoms with E-state index in [1.165, 1.54) is 6.08 Å². The summed E-state index contributed by atoms with van der Waals surface area (Å²) in [6.45, 7) is 2.43. The average molecular weight is 358 g/mol. The lowest BCUT2D eigenvalue weighted by atomic mass is 10.2. The van der Waals surface area contributed by atoms with Crippen LogP contribution in [0.5, 0.6) is 0 Å². The molecule has 5 heteroatoms. The van der Waals surface area contributed by atoms with Crippen molar-refractivity contribution in [3.05, 3.63) is 70.8 Å². The third-order valence-electron chi connectivity index (χ3n) is 3.37. The van der Waals surface area contributed by atoms with Gasteiger partial charge in [-0.15, -0.1) is 0 Å². The van der Waals surface area contributed by atoms with Gasteiger partial charge < -0.3 is 10.1 Å². The quantitative estimate of drug-likeness (QED) is 0.433. The molecule has 0 unspecified atom stereocenters. The Morgan fingerprint density at radius 3 is 2.72 bits per heavy atom. The number of carbonyl (C=O) groups excluding carboxylic acids is 2. The Hall–Kier alpha value is -2.59. The summed E-state index contributed by atoms with van der Waals surface area (Å²) in [5, 5.41) is 3.33. The standard InChI is InChI=1S/C20H20ClNO3/c1-2-3-12-25-20(24)16-7-5-9-18(14-16)22-19(23)11-10-15-6-4-8-17(21)13-15/h4-11,13-14H,2-3,12H2,1H3,(H,22,23). The zero-order valence-electron chi connectivity index (χ0n) is 14.0. The van der Waals surface area contributed by atoms with Crippen molar-refractivity contribution in [3.63, 3.8) is 0 Å². The zero-order valence-corrected chi connectivity index (χ0v) is 14.8. The molecule has 1 N–H and O–H groups in total. The van der Waals surface area contributed by atoms with Crippen LogP contribution in [-0.2, 0) is 9.53 Å². The van der Waals surface area contributed by atoms with Crippen molar-refractivity contribution in [2.75, 3.05) is 11.9 Å². The highest BCUT2D eigenvalue weighted by atomic mass is 35.5. The van der Waals surface area contributed by atoms with Gasteiger partial charge in [0.25, 0.3) is 0 Å².